The number of aromatic carboxylic acids is 1. The zero-order chi connectivity index (χ0) is 39.4. The number of aliphatic imine (C=N–C) groups is 2. The number of halogens is 2. The molecule has 0 spiro atoms. The van der Waals surface area contributed by atoms with Gasteiger partial charge in [-0.1, -0.05) is 65.7 Å². The summed E-state index contributed by atoms with van der Waals surface area (Å²) >= 11 is 12.3. The zero-order valence-corrected chi connectivity index (χ0v) is 31.0. The van der Waals surface area contributed by atoms with E-state index in [4.69, 9.17) is 46.1 Å². The summed E-state index contributed by atoms with van der Waals surface area (Å²) in [5.74, 6) is -1.41. The number of aryl methyl sites for hydroxylation is 1. The normalized spacial score (nSPS) is 11.2. The van der Waals surface area contributed by atoms with E-state index in [2.05, 4.69) is 29.4 Å². The average molecular weight is 810 g/mol. The first kappa shape index (κ1) is 39.0. The number of nitrogens with one attached hydrogen (secondary N) is 2. The molecule has 0 aliphatic heterocycles. The molecular formula is C34H30Cl2N10O6S2. The standard InChI is InChI=1S/C17H14ClN5O4S.C17H16ClN5O2S/c18-13-8-21-15(22-17(19)20)12-7-9(5-6-10(12)13)28(26,27)23-14-4-2-1-3-11(14)16(24)25;1-10-4-2-3-5-15(10)23-26(24,25)11-6-7-12-13(8-11)16(22-17(19)20)21-9-14(12)18/h1-8,23H,(H,24,25)(H4,19,20,21,22);2-9,23H,1H3,(H4,19,20,21,22). The van der Waals surface area contributed by atoms with Crippen molar-refractivity contribution in [2.24, 2.45) is 32.9 Å². The van der Waals surface area contributed by atoms with E-state index in [0.717, 1.165) is 5.56 Å². The minimum absolute atomic E-state index is 0.0457. The van der Waals surface area contributed by atoms with Crippen molar-refractivity contribution in [1.82, 2.24) is 9.97 Å². The van der Waals surface area contributed by atoms with Crippen LogP contribution in [-0.4, -0.2) is 49.8 Å². The number of anilines is 2. The molecule has 11 N–H and O–H groups in total. The van der Waals surface area contributed by atoms with Crippen molar-refractivity contribution in [3.05, 3.63) is 118 Å². The van der Waals surface area contributed by atoms with Crippen molar-refractivity contribution < 1.29 is 26.7 Å². The average Bonchev–Trinajstić information content (AvgIpc) is 3.11. The smallest absolute Gasteiger partial charge is 0.337 e. The second-order valence-corrected chi connectivity index (χ2v) is 15.4. The number of hydrogen-bond acceptors (Lipinski definition) is 9. The number of para-hydroxylation sites is 2. The maximum atomic E-state index is 12.8. The molecular weight excluding hydrogens is 779 g/mol. The zero-order valence-electron chi connectivity index (χ0n) is 27.9. The van der Waals surface area contributed by atoms with Crippen LogP contribution in [0.4, 0.5) is 23.0 Å². The second-order valence-electron chi connectivity index (χ2n) is 11.2. The van der Waals surface area contributed by atoms with Gasteiger partial charge in [0.2, 0.25) is 0 Å². The number of carboxylic acid groups (broad SMARTS) is 1. The summed E-state index contributed by atoms with van der Waals surface area (Å²) in [6.07, 6.45) is 2.76. The first-order chi connectivity index (χ1) is 25.5. The summed E-state index contributed by atoms with van der Waals surface area (Å²) in [5.41, 5.74) is 22.7. The molecule has 0 saturated carbocycles. The molecule has 0 saturated heterocycles. The monoisotopic (exact) mass is 808 g/mol. The number of carboxylic acids is 1. The molecule has 0 fully saturated rings. The Bertz CT molecular complexity index is 2720. The molecule has 6 aromatic rings. The van der Waals surface area contributed by atoms with Crippen molar-refractivity contribution in [1.29, 1.82) is 0 Å². The van der Waals surface area contributed by atoms with E-state index in [0.29, 0.717) is 32.3 Å². The SMILES string of the molecule is Cc1ccccc1NS(=O)(=O)c1ccc2c(Cl)cnc(N=C(N)N)c2c1.NC(N)=Nc1ncc(Cl)c2ccc(S(=O)(=O)Nc3ccccc3C(=O)O)cc12. The molecule has 0 radical (unpaired) electrons. The molecule has 4 aromatic carbocycles. The Labute approximate surface area is 318 Å². The van der Waals surface area contributed by atoms with E-state index < -0.39 is 26.0 Å². The van der Waals surface area contributed by atoms with Gasteiger partial charge in [-0.3, -0.25) is 9.44 Å². The number of fused-ring (bicyclic) bond motifs is 2. The Morgan fingerprint density at radius 3 is 1.52 bits per heavy atom. The number of sulfonamides is 2. The Hall–Kier alpha value is -6.21. The molecule has 2 aromatic heterocycles. The van der Waals surface area contributed by atoms with Crippen molar-refractivity contribution in [2.45, 2.75) is 16.7 Å². The van der Waals surface area contributed by atoms with Crippen molar-refractivity contribution >= 4 is 106 Å². The molecule has 0 aliphatic carbocycles. The lowest BCUT2D eigenvalue weighted by Crippen LogP contribution is -2.22. The largest absolute Gasteiger partial charge is 0.478 e. The van der Waals surface area contributed by atoms with Crippen LogP contribution in [0.2, 0.25) is 10.0 Å². The van der Waals surface area contributed by atoms with Gasteiger partial charge in [-0.25, -0.2) is 31.6 Å². The third-order valence-corrected chi connectivity index (χ3v) is 10.8. The Balaban J connectivity index is 0.000000208. The number of carbonyl (C=O) groups is 1. The van der Waals surface area contributed by atoms with Gasteiger partial charge in [0.25, 0.3) is 20.0 Å². The van der Waals surface area contributed by atoms with E-state index >= 15 is 0 Å². The number of nitrogens with zero attached hydrogens (tertiary/aromatic N) is 4. The minimum Gasteiger partial charge on any atom is -0.478 e. The van der Waals surface area contributed by atoms with Gasteiger partial charge in [0.05, 0.1) is 36.8 Å². The van der Waals surface area contributed by atoms with Crippen LogP contribution in [0.3, 0.4) is 0 Å². The number of nitrogens with two attached hydrogens (primary N) is 4. The van der Waals surface area contributed by atoms with Gasteiger partial charge in [0, 0.05) is 33.9 Å². The van der Waals surface area contributed by atoms with Crippen molar-refractivity contribution in [2.75, 3.05) is 9.44 Å². The van der Waals surface area contributed by atoms with Crippen LogP contribution < -0.4 is 32.4 Å². The first-order valence-corrected chi connectivity index (χ1v) is 19.0. The van der Waals surface area contributed by atoms with Gasteiger partial charge in [-0.15, -0.1) is 0 Å². The van der Waals surface area contributed by atoms with Crippen LogP contribution in [-0.2, 0) is 20.0 Å². The van der Waals surface area contributed by atoms with E-state index in [1.54, 1.807) is 18.2 Å². The predicted molar refractivity (Wildman–Crippen MR) is 211 cm³/mol. The number of rotatable bonds is 9. The molecule has 0 bridgehead atoms. The lowest BCUT2D eigenvalue weighted by Gasteiger charge is -2.12. The van der Waals surface area contributed by atoms with Crippen molar-refractivity contribution in [3.8, 4) is 0 Å². The lowest BCUT2D eigenvalue weighted by atomic mass is 10.1. The van der Waals surface area contributed by atoms with Crippen LogP contribution in [0.25, 0.3) is 21.5 Å². The lowest BCUT2D eigenvalue weighted by molar-refractivity contribution is 0.0698. The van der Waals surface area contributed by atoms with E-state index in [9.17, 15) is 26.7 Å². The number of guanidine groups is 2. The maximum Gasteiger partial charge on any atom is 0.337 e. The molecule has 0 aliphatic rings. The summed E-state index contributed by atoms with van der Waals surface area (Å²) in [4.78, 5) is 27.1. The van der Waals surface area contributed by atoms with Crippen LogP contribution in [0.1, 0.15) is 15.9 Å². The fourth-order valence-electron chi connectivity index (χ4n) is 4.96. The molecule has 278 valence electrons. The van der Waals surface area contributed by atoms with Gasteiger partial charge in [0.15, 0.2) is 23.6 Å². The molecule has 16 nitrogen and oxygen atoms in total. The summed E-state index contributed by atoms with van der Waals surface area (Å²) in [7, 11) is -7.93. The summed E-state index contributed by atoms with van der Waals surface area (Å²) in [6.45, 7) is 1.82. The second kappa shape index (κ2) is 15.8. The highest BCUT2D eigenvalue weighted by Crippen LogP contribution is 2.33. The first-order valence-electron chi connectivity index (χ1n) is 15.3. The van der Waals surface area contributed by atoms with Gasteiger partial charge in [-0.2, -0.15) is 9.98 Å². The molecule has 0 amide bonds. The minimum atomic E-state index is -4.11. The molecule has 54 heavy (non-hydrogen) atoms. The quantitative estimate of drug-likeness (QED) is 0.0733. The number of aromatic nitrogens is 2. The van der Waals surface area contributed by atoms with E-state index in [1.807, 2.05) is 19.1 Å². The number of hydrogen-bond donors (Lipinski definition) is 7. The maximum absolute atomic E-state index is 12.8. The van der Waals surface area contributed by atoms with Crippen LogP contribution in [0.15, 0.2) is 117 Å². The Morgan fingerprint density at radius 2 is 1.07 bits per heavy atom. The van der Waals surface area contributed by atoms with Gasteiger partial charge in [0.1, 0.15) is 0 Å². The fourth-order valence-corrected chi connectivity index (χ4v) is 7.65. The van der Waals surface area contributed by atoms with Gasteiger partial charge < -0.3 is 28.0 Å². The third-order valence-electron chi connectivity index (χ3n) is 7.46. The molecule has 2 heterocycles. The van der Waals surface area contributed by atoms with E-state index in [-0.39, 0.29) is 49.6 Å². The molecule has 0 atom stereocenters. The number of benzene rings is 4. The fraction of sp³-hybridized carbons (Fsp3) is 0.0294. The Morgan fingerprint density at radius 1 is 0.648 bits per heavy atom. The highest BCUT2D eigenvalue weighted by atomic mass is 35.5. The number of pyridine rings is 2. The third kappa shape index (κ3) is 8.87. The highest BCUT2D eigenvalue weighted by Gasteiger charge is 2.21. The molecule has 20 heteroatoms. The molecule has 0 unspecified atom stereocenters. The van der Waals surface area contributed by atoms with Gasteiger partial charge in [-0.05, 0) is 55.0 Å². The predicted octanol–water partition coefficient (Wildman–Crippen LogP) is 5.19. The van der Waals surface area contributed by atoms with E-state index in [1.165, 1.54) is 67.0 Å². The molecule has 6 rings (SSSR count). The van der Waals surface area contributed by atoms with Crippen molar-refractivity contribution in [3.63, 3.8) is 0 Å². The summed E-state index contributed by atoms with van der Waals surface area (Å²) in [5, 5.41) is 11.7. The van der Waals surface area contributed by atoms with Crippen LogP contribution in [0.5, 0.6) is 0 Å². The summed E-state index contributed by atoms with van der Waals surface area (Å²) in [6, 6.07) is 21.4. The highest BCUT2D eigenvalue weighted by molar-refractivity contribution is 7.93. The summed E-state index contributed by atoms with van der Waals surface area (Å²) < 4.78 is 56.0. The topological polar surface area (TPSA) is 284 Å². The van der Waals surface area contributed by atoms with Crippen LogP contribution in [0, 0.1) is 6.92 Å². The Kier molecular flexibility index (Phi) is 11.4. The van der Waals surface area contributed by atoms with Gasteiger partial charge >= 0.3 is 5.97 Å². The van der Waals surface area contributed by atoms with Crippen LogP contribution >= 0.6 is 23.2 Å².